The fraction of sp³-hybridized carbons (Fsp3) is 0.250. The Morgan fingerprint density at radius 2 is 1.72 bits per heavy atom. The van der Waals surface area contributed by atoms with Crippen molar-refractivity contribution in [3.63, 3.8) is 0 Å². The standard InChI is InChI=1S/C20H18F3N3O3/c21-20(22,23)13-29-12-18(27)26(10-14-6-2-1-3-7-14)11-17-24-16-9-5-4-8-15(16)19(28)25-17/h1-9H,10-13H2,(H,24,25,28). The minimum atomic E-state index is -4.52. The number of rotatable bonds is 7. The maximum Gasteiger partial charge on any atom is 0.411 e. The van der Waals surface area contributed by atoms with Gasteiger partial charge in [0.05, 0.1) is 17.4 Å². The summed E-state index contributed by atoms with van der Waals surface area (Å²) in [4.78, 5) is 33.0. The molecule has 0 radical (unpaired) electrons. The van der Waals surface area contributed by atoms with Crippen molar-refractivity contribution >= 4 is 16.8 Å². The topological polar surface area (TPSA) is 75.3 Å². The van der Waals surface area contributed by atoms with E-state index in [2.05, 4.69) is 14.7 Å². The number of hydrogen-bond donors (Lipinski definition) is 1. The van der Waals surface area contributed by atoms with Gasteiger partial charge in [0.2, 0.25) is 5.91 Å². The van der Waals surface area contributed by atoms with Gasteiger partial charge >= 0.3 is 6.18 Å². The average molecular weight is 405 g/mol. The molecule has 3 aromatic rings. The number of hydrogen-bond acceptors (Lipinski definition) is 4. The highest BCUT2D eigenvalue weighted by atomic mass is 19.4. The number of para-hydroxylation sites is 1. The van der Waals surface area contributed by atoms with Crippen LogP contribution in [-0.4, -0.2) is 40.2 Å². The van der Waals surface area contributed by atoms with E-state index in [1.54, 1.807) is 48.5 Å². The lowest BCUT2D eigenvalue weighted by Gasteiger charge is -2.22. The summed E-state index contributed by atoms with van der Waals surface area (Å²) in [6, 6.07) is 15.7. The number of carbonyl (C=O) groups excluding carboxylic acids is 1. The van der Waals surface area contributed by atoms with Gasteiger partial charge in [0.25, 0.3) is 5.56 Å². The van der Waals surface area contributed by atoms with Crippen LogP contribution in [0, 0.1) is 0 Å². The van der Waals surface area contributed by atoms with Crippen molar-refractivity contribution in [2.24, 2.45) is 0 Å². The van der Waals surface area contributed by atoms with Crippen LogP contribution in [-0.2, 0) is 22.6 Å². The average Bonchev–Trinajstić information content (AvgIpc) is 2.67. The number of benzene rings is 2. The molecule has 0 saturated carbocycles. The molecule has 0 aliphatic carbocycles. The summed E-state index contributed by atoms with van der Waals surface area (Å²) in [5.74, 6) is -0.414. The summed E-state index contributed by atoms with van der Waals surface area (Å²) < 4.78 is 41.4. The molecule has 0 aliphatic rings. The Morgan fingerprint density at radius 3 is 2.45 bits per heavy atom. The first kappa shape index (κ1) is 20.5. The molecule has 0 fully saturated rings. The van der Waals surface area contributed by atoms with E-state index in [-0.39, 0.29) is 24.5 Å². The van der Waals surface area contributed by atoms with Crippen LogP contribution in [0.4, 0.5) is 13.2 Å². The number of alkyl halides is 3. The van der Waals surface area contributed by atoms with Crippen molar-refractivity contribution < 1.29 is 22.7 Å². The molecule has 6 nitrogen and oxygen atoms in total. The number of nitrogens with one attached hydrogen (secondary N) is 1. The van der Waals surface area contributed by atoms with E-state index in [0.717, 1.165) is 5.56 Å². The molecule has 152 valence electrons. The molecule has 1 amide bonds. The van der Waals surface area contributed by atoms with Gasteiger partial charge in [0, 0.05) is 6.54 Å². The van der Waals surface area contributed by atoms with Crippen molar-refractivity contribution in [2.45, 2.75) is 19.3 Å². The summed E-state index contributed by atoms with van der Waals surface area (Å²) in [7, 11) is 0. The predicted octanol–water partition coefficient (Wildman–Crippen LogP) is 3.03. The van der Waals surface area contributed by atoms with Gasteiger partial charge in [-0.2, -0.15) is 13.2 Å². The number of halogens is 3. The van der Waals surface area contributed by atoms with Gasteiger partial charge in [0.1, 0.15) is 19.0 Å². The first-order chi connectivity index (χ1) is 13.8. The number of aromatic nitrogens is 2. The van der Waals surface area contributed by atoms with Crippen molar-refractivity contribution in [3.8, 4) is 0 Å². The minimum absolute atomic E-state index is 0.0802. The molecule has 3 rings (SSSR count). The third-order valence-corrected chi connectivity index (χ3v) is 4.06. The van der Waals surface area contributed by atoms with Gasteiger partial charge in [-0.05, 0) is 17.7 Å². The van der Waals surface area contributed by atoms with Crippen molar-refractivity contribution in [2.75, 3.05) is 13.2 Å². The lowest BCUT2D eigenvalue weighted by Crippen LogP contribution is -2.35. The van der Waals surface area contributed by atoms with Crippen LogP contribution in [0.2, 0.25) is 0 Å². The zero-order chi connectivity index (χ0) is 20.9. The van der Waals surface area contributed by atoms with E-state index in [9.17, 15) is 22.8 Å². The molecule has 1 aromatic heterocycles. The van der Waals surface area contributed by atoms with E-state index in [0.29, 0.717) is 10.9 Å². The van der Waals surface area contributed by atoms with E-state index >= 15 is 0 Å². The number of fused-ring (bicyclic) bond motifs is 1. The van der Waals surface area contributed by atoms with Crippen molar-refractivity contribution in [1.29, 1.82) is 0 Å². The largest absolute Gasteiger partial charge is 0.411 e. The van der Waals surface area contributed by atoms with Crippen LogP contribution < -0.4 is 5.56 Å². The molecule has 0 atom stereocenters. The van der Waals surface area contributed by atoms with Crippen LogP contribution in [0.15, 0.2) is 59.4 Å². The molecule has 29 heavy (non-hydrogen) atoms. The zero-order valence-electron chi connectivity index (χ0n) is 15.3. The fourth-order valence-electron chi connectivity index (χ4n) is 2.77. The minimum Gasteiger partial charge on any atom is -0.362 e. The van der Waals surface area contributed by atoms with Crippen LogP contribution in [0.1, 0.15) is 11.4 Å². The second-order valence-electron chi connectivity index (χ2n) is 6.37. The molecule has 0 saturated heterocycles. The molecule has 0 unspecified atom stereocenters. The number of amides is 1. The number of ether oxygens (including phenoxy) is 1. The quantitative estimate of drug-likeness (QED) is 0.656. The van der Waals surface area contributed by atoms with Gasteiger partial charge < -0.3 is 14.6 Å². The van der Waals surface area contributed by atoms with Crippen molar-refractivity contribution in [3.05, 3.63) is 76.3 Å². The lowest BCUT2D eigenvalue weighted by atomic mass is 10.2. The second-order valence-corrected chi connectivity index (χ2v) is 6.37. The summed E-state index contributed by atoms with van der Waals surface area (Å²) in [6.07, 6.45) is -4.52. The Hall–Kier alpha value is -3.20. The summed E-state index contributed by atoms with van der Waals surface area (Å²) in [5, 5.41) is 0.408. The Bertz CT molecular complexity index is 1040. The van der Waals surface area contributed by atoms with E-state index in [1.807, 2.05) is 6.07 Å². The highest BCUT2D eigenvalue weighted by Gasteiger charge is 2.28. The normalized spacial score (nSPS) is 11.6. The van der Waals surface area contributed by atoms with Gasteiger partial charge in [-0.25, -0.2) is 4.98 Å². The zero-order valence-corrected chi connectivity index (χ0v) is 15.3. The van der Waals surface area contributed by atoms with Gasteiger partial charge in [-0.3, -0.25) is 9.59 Å². The third-order valence-electron chi connectivity index (χ3n) is 4.06. The number of nitrogens with zero attached hydrogens (tertiary/aromatic N) is 2. The Morgan fingerprint density at radius 1 is 1.03 bits per heavy atom. The van der Waals surface area contributed by atoms with Crippen LogP contribution in [0.5, 0.6) is 0 Å². The van der Waals surface area contributed by atoms with Gasteiger partial charge in [-0.15, -0.1) is 0 Å². The Balaban J connectivity index is 1.81. The Labute approximate surface area is 163 Å². The first-order valence-electron chi connectivity index (χ1n) is 8.76. The summed E-state index contributed by atoms with van der Waals surface area (Å²) in [5.41, 5.74) is 0.887. The van der Waals surface area contributed by atoms with Crippen LogP contribution in [0.3, 0.4) is 0 Å². The number of aromatic amines is 1. The number of H-pyrrole nitrogens is 1. The molecule has 9 heteroatoms. The highest BCUT2D eigenvalue weighted by molar-refractivity contribution is 5.78. The maximum atomic E-state index is 12.5. The SMILES string of the molecule is O=C(COCC(F)(F)F)N(Cc1ccccc1)Cc1nc2ccccc2c(=O)[nH]1. The van der Waals surface area contributed by atoms with E-state index < -0.39 is 25.3 Å². The molecular formula is C20H18F3N3O3. The van der Waals surface area contributed by atoms with Crippen LogP contribution >= 0.6 is 0 Å². The monoisotopic (exact) mass is 405 g/mol. The molecule has 1 N–H and O–H groups in total. The molecule has 0 spiro atoms. The molecule has 0 bridgehead atoms. The van der Waals surface area contributed by atoms with E-state index in [1.165, 1.54) is 4.90 Å². The molecular weight excluding hydrogens is 387 g/mol. The number of carbonyl (C=O) groups is 1. The summed E-state index contributed by atoms with van der Waals surface area (Å²) >= 11 is 0. The highest BCUT2D eigenvalue weighted by Crippen LogP contribution is 2.15. The maximum absolute atomic E-state index is 12.5. The van der Waals surface area contributed by atoms with Crippen molar-refractivity contribution in [1.82, 2.24) is 14.9 Å². The third kappa shape index (κ3) is 5.89. The second kappa shape index (κ2) is 8.87. The predicted molar refractivity (Wildman–Crippen MR) is 99.9 cm³/mol. The van der Waals surface area contributed by atoms with Crippen LogP contribution in [0.25, 0.3) is 10.9 Å². The lowest BCUT2D eigenvalue weighted by molar-refractivity contribution is -0.178. The fourth-order valence-corrected chi connectivity index (χ4v) is 2.77. The summed E-state index contributed by atoms with van der Waals surface area (Å²) in [6.45, 7) is -2.19. The molecule has 1 heterocycles. The van der Waals surface area contributed by atoms with Gasteiger partial charge in [-0.1, -0.05) is 42.5 Å². The first-order valence-corrected chi connectivity index (χ1v) is 8.76. The van der Waals surface area contributed by atoms with Gasteiger partial charge in [0.15, 0.2) is 0 Å². The van der Waals surface area contributed by atoms with E-state index in [4.69, 9.17) is 0 Å². The smallest absolute Gasteiger partial charge is 0.362 e. The molecule has 2 aromatic carbocycles. The Kier molecular flexibility index (Phi) is 6.28. The molecule has 0 aliphatic heterocycles.